The number of aromatic amines is 1. The van der Waals surface area contributed by atoms with Crippen LogP contribution >= 0.6 is 0 Å². The fourth-order valence-corrected chi connectivity index (χ4v) is 3.11. The van der Waals surface area contributed by atoms with Gasteiger partial charge in [0.15, 0.2) is 5.75 Å². The van der Waals surface area contributed by atoms with E-state index in [0.717, 1.165) is 36.1 Å². The molecule has 0 fully saturated rings. The van der Waals surface area contributed by atoms with Gasteiger partial charge in [0.1, 0.15) is 11.4 Å². The Bertz CT molecular complexity index is 845. The lowest BCUT2D eigenvalue weighted by Gasteiger charge is -2.04. The van der Waals surface area contributed by atoms with Crippen molar-refractivity contribution in [1.29, 1.82) is 0 Å². The van der Waals surface area contributed by atoms with E-state index >= 15 is 0 Å². The highest BCUT2D eigenvalue weighted by atomic mass is 16.3. The van der Waals surface area contributed by atoms with Crippen LogP contribution in [0.3, 0.4) is 0 Å². The standard InChI is InChI=1S/C20H18N2O/c23-20-18(16-8-4-5-9-16)21-22-19(20)17-12-10-15(11-13-17)14-6-2-1-3-7-14/h1-3,6-8,10-13,23H,4-5,9H2,(H,21,22). The van der Waals surface area contributed by atoms with Gasteiger partial charge in [0.05, 0.1) is 0 Å². The van der Waals surface area contributed by atoms with Crippen LogP contribution in [0.2, 0.25) is 0 Å². The lowest BCUT2D eigenvalue weighted by molar-refractivity contribution is 0.475. The number of rotatable bonds is 3. The molecule has 1 aliphatic carbocycles. The van der Waals surface area contributed by atoms with Gasteiger partial charge in [-0.2, -0.15) is 5.10 Å². The molecule has 0 saturated heterocycles. The van der Waals surface area contributed by atoms with Crippen molar-refractivity contribution < 1.29 is 5.11 Å². The quantitative estimate of drug-likeness (QED) is 0.714. The molecule has 23 heavy (non-hydrogen) atoms. The molecule has 1 heterocycles. The Morgan fingerprint density at radius 3 is 2.26 bits per heavy atom. The van der Waals surface area contributed by atoms with Crippen molar-refractivity contribution >= 4 is 5.57 Å². The van der Waals surface area contributed by atoms with Gasteiger partial charge < -0.3 is 5.11 Å². The first-order valence-electron chi connectivity index (χ1n) is 7.95. The molecule has 0 aliphatic heterocycles. The number of hydrogen-bond donors (Lipinski definition) is 2. The third-order valence-electron chi connectivity index (χ3n) is 4.37. The van der Waals surface area contributed by atoms with Gasteiger partial charge >= 0.3 is 0 Å². The lowest BCUT2D eigenvalue weighted by Crippen LogP contribution is -1.81. The highest BCUT2D eigenvalue weighted by Crippen LogP contribution is 2.37. The van der Waals surface area contributed by atoms with Crippen molar-refractivity contribution in [3.05, 3.63) is 66.4 Å². The molecule has 0 radical (unpaired) electrons. The topological polar surface area (TPSA) is 48.9 Å². The zero-order valence-corrected chi connectivity index (χ0v) is 12.8. The molecule has 0 spiro atoms. The molecule has 0 amide bonds. The summed E-state index contributed by atoms with van der Waals surface area (Å²) in [6.45, 7) is 0. The smallest absolute Gasteiger partial charge is 0.169 e. The molecule has 0 atom stereocenters. The van der Waals surface area contributed by atoms with E-state index in [9.17, 15) is 5.11 Å². The molecule has 3 aromatic rings. The average Bonchev–Trinajstić information content (AvgIpc) is 3.25. The maximum absolute atomic E-state index is 10.5. The normalized spacial score (nSPS) is 14.0. The zero-order valence-electron chi connectivity index (χ0n) is 12.8. The Morgan fingerprint density at radius 1 is 0.870 bits per heavy atom. The van der Waals surface area contributed by atoms with Crippen molar-refractivity contribution in [2.75, 3.05) is 0 Å². The molecule has 1 aromatic heterocycles. The molecule has 0 saturated carbocycles. The molecule has 114 valence electrons. The number of aromatic hydroxyl groups is 1. The maximum atomic E-state index is 10.5. The fraction of sp³-hybridized carbons (Fsp3) is 0.150. The third-order valence-corrected chi connectivity index (χ3v) is 4.37. The predicted molar refractivity (Wildman–Crippen MR) is 93.0 cm³/mol. The summed E-state index contributed by atoms with van der Waals surface area (Å²) in [4.78, 5) is 0. The number of hydrogen-bond acceptors (Lipinski definition) is 2. The first-order chi connectivity index (χ1) is 11.3. The van der Waals surface area contributed by atoms with Gasteiger partial charge in [0, 0.05) is 5.56 Å². The molecule has 3 nitrogen and oxygen atoms in total. The number of benzene rings is 2. The summed E-state index contributed by atoms with van der Waals surface area (Å²) in [5.41, 5.74) is 5.81. The second-order valence-electron chi connectivity index (χ2n) is 5.86. The molecule has 4 rings (SSSR count). The van der Waals surface area contributed by atoms with Crippen LogP contribution in [0, 0.1) is 0 Å². The molecule has 2 N–H and O–H groups in total. The number of allylic oxidation sites excluding steroid dienone is 2. The number of nitrogens with one attached hydrogen (secondary N) is 1. The van der Waals surface area contributed by atoms with Crippen LogP contribution in [0.5, 0.6) is 5.75 Å². The van der Waals surface area contributed by atoms with Crippen molar-refractivity contribution in [2.24, 2.45) is 0 Å². The van der Waals surface area contributed by atoms with Crippen molar-refractivity contribution in [3.8, 4) is 28.1 Å². The van der Waals surface area contributed by atoms with Crippen LogP contribution in [0.1, 0.15) is 25.0 Å². The van der Waals surface area contributed by atoms with Crippen molar-refractivity contribution in [2.45, 2.75) is 19.3 Å². The van der Waals surface area contributed by atoms with Crippen LogP contribution in [0.25, 0.3) is 28.0 Å². The van der Waals surface area contributed by atoms with Gasteiger partial charge in [0.2, 0.25) is 0 Å². The number of H-pyrrole nitrogens is 1. The maximum Gasteiger partial charge on any atom is 0.169 e. The predicted octanol–water partition coefficient (Wildman–Crippen LogP) is 5.02. The summed E-state index contributed by atoms with van der Waals surface area (Å²) in [5, 5.41) is 17.8. The van der Waals surface area contributed by atoms with Crippen molar-refractivity contribution in [3.63, 3.8) is 0 Å². The average molecular weight is 302 g/mol. The first kappa shape index (κ1) is 13.8. The van der Waals surface area contributed by atoms with Crippen LogP contribution in [-0.4, -0.2) is 15.3 Å². The van der Waals surface area contributed by atoms with E-state index in [0.29, 0.717) is 5.69 Å². The Morgan fingerprint density at radius 2 is 1.57 bits per heavy atom. The van der Waals surface area contributed by atoms with Gasteiger partial charge in [-0.15, -0.1) is 0 Å². The minimum atomic E-state index is 0.255. The van der Waals surface area contributed by atoms with Gasteiger partial charge in [-0.05, 0) is 36.0 Å². The van der Waals surface area contributed by atoms with E-state index in [1.165, 1.54) is 11.1 Å². The second-order valence-corrected chi connectivity index (χ2v) is 5.86. The van der Waals surface area contributed by atoms with Crippen LogP contribution < -0.4 is 0 Å². The SMILES string of the molecule is Oc1c(-c2ccc(-c3ccccc3)cc2)n[nH]c1C1=CCCC1. The Labute approximate surface area is 135 Å². The fourth-order valence-electron chi connectivity index (χ4n) is 3.11. The summed E-state index contributed by atoms with van der Waals surface area (Å²) in [6.07, 6.45) is 5.40. The monoisotopic (exact) mass is 302 g/mol. The lowest BCUT2D eigenvalue weighted by atomic mass is 10.0. The van der Waals surface area contributed by atoms with E-state index in [-0.39, 0.29) is 5.75 Å². The van der Waals surface area contributed by atoms with Crippen LogP contribution in [0.15, 0.2) is 60.7 Å². The summed E-state index contributed by atoms with van der Waals surface area (Å²) >= 11 is 0. The summed E-state index contributed by atoms with van der Waals surface area (Å²) in [6, 6.07) is 18.4. The minimum absolute atomic E-state index is 0.255. The van der Waals surface area contributed by atoms with Crippen molar-refractivity contribution in [1.82, 2.24) is 10.2 Å². The van der Waals surface area contributed by atoms with Gasteiger partial charge in [-0.1, -0.05) is 60.7 Å². The summed E-state index contributed by atoms with van der Waals surface area (Å²) < 4.78 is 0. The third kappa shape index (κ3) is 2.55. The molecule has 0 unspecified atom stereocenters. The number of aromatic nitrogens is 2. The van der Waals surface area contributed by atoms with Crippen LogP contribution in [-0.2, 0) is 0 Å². The Hall–Kier alpha value is -2.81. The molecular formula is C20H18N2O. The van der Waals surface area contributed by atoms with E-state index in [1.807, 2.05) is 30.3 Å². The van der Waals surface area contributed by atoms with Crippen LogP contribution in [0.4, 0.5) is 0 Å². The molecule has 1 aliphatic rings. The minimum Gasteiger partial charge on any atom is -0.504 e. The highest BCUT2D eigenvalue weighted by Gasteiger charge is 2.18. The van der Waals surface area contributed by atoms with E-state index < -0.39 is 0 Å². The van der Waals surface area contributed by atoms with E-state index in [4.69, 9.17) is 0 Å². The number of nitrogens with zero attached hydrogens (tertiary/aromatic N) is 1. The Kier molecular flexibility index (Phi) is 3.46. The van der Waals surface area contributed by atoms with Gasteiger partial charge in [-0.25, -0.2) is 0 Å². The molecular weight excluding hydrogens is 284 g/mol. The van der Waals surface area contributed by atoms with E-state index in [1.54, 1.807) is 0 Å². The molecule has 2 aromatic carbocycles. The highest BCUT2D eigenvalue weighted by molar-refractivity contribution is 5.78. The zero-order chi connectivity index (χ0) is 15.6. The molecule has 0 bridgehead atoms. The van der Waals surface area contributed by atoms with Gasteiger partial charge in [-0.3, -0.25) is 5.10 Å². The largest absolute Gasteiger partial charge is 0.504 e. The summed E-state index contributed by atoms with van der Waals surface area (Å²) in [5.74, 6) is 0.255. The second kappa shape index (κ2) is 5.76. The van der Waals surface area contributed by atoms with Gasteiger partial charge in [0.25, 0.3) is 0 Å². The van der Waals surface area contributed by atoms with E-state index in [2.05, 4.69) is 40.5 Å². The Balaban J connectivity index is 1.66. The first-order valence-corrected chi connectivity index (χ1v) is 7.95. The summed E-state index contributed by atoms with van der Waals surface area (Å²) in [7, 11) is 0. The molecule has 3 heteroatoms.